The van der Waals surface area contributed by atoms with Crippen molar-refractivity contribution in [1.29, 1.82) is 0 Å². The third kappa shape index (κ3) is 3.56. The Labute approximate surface area is 140 Å². The molecule has 3 rings (SSSR count). The van der Waals surface area contributed by atoms with E-state index in [0.717, 1.165) is 52.6 Å². The summed E-state index contributed by atoms with van der Waals surface area (Å²) in [6.45, 7) is 3.14. The van der Waals surface area contributed by atoms with Crippen molar-refractivity contribution in [3.05, 3.63) is 45.0 Å². The summed E-state index contributed by atoms with van der Waals surface area (Å²) < 4.78 is 13.1. The van der Waals surface area contributed by atoms with Gasteiger partial charge in [0.1, 0.15) is 5.76 Å². The first-order valence-corrected chi connectivity index (χ1v) is 8.23. The van der Waals surface area contributed by atoms with Crippen molar-refractivity contribution >= 4 is 49.6 Å². The molecule has 0 atom stereocenters. The zero-order valence-corrected chi connectivity index (χ0v) is 14.4. The normalized spacial score (nSPS) is 15.8. The first-order chi connectivity index (χ1) is 10.2. The molecule has 1 aromatic heterocycles. The van der Waals surface area contributed by atoms with E-state index in [1.54, 1.807) is 6.21 Å². The molecular formula is C15H14Br2N2O2. The van der Waals surface area contributed by atoms with Gasteiger partial charge in [-0.05, 0) is 44.0 Å². The largest absolute Gasteiger partial charge is 0.438 e. The molecule has 0 unspecified atom stereocenters. The van der Waals surface area contributed by atoms with E-state index >= 15 is 0 Å². The lowest BCUT2D eigenvalue weighted by Gasteiger charge is -2.26. The average molecular weight is 414 g/mol. The van der Waals surface area contributed by atoms with Gasteiger partial charge in [-0.1, -0.05) is 12.1 Å². The predicted octanol–water partition coefficient (Wildman–Crippen LogP) is 4.39. The third-order valence-electron chi connectivity index (χ3n) is 3.17. The third-order valence-corrected chi connectivity index (χ3v) is 4.41. The molecule has 1 aromatic carbocycles. The Morgan fingerprint density at radius 2 is 1.86 bits per heavy atom. The second-order valence-corrected chi connectivity index (χ2v) is 6.32. The Morgan fingerprint density at radius 3 is 2.62 bits per heavy atom. The summed E-state index contributed by atoms with van der Waals surface area (Å²) >= 11 is 7.02. The zero-order valence-electron chi connectivity index (χ0n) is 11.3. The second-order valence-electron chi connectivity index (χ2n) is 4.61. The average Bonchev–Trinajstić information content (AvgIpc) is 2.88. The topological polar surface area (TPSA) is 38.0 Å². The number of para-hydroxylation sites is 1. The minimum Gasteiger partial charge on any atom is -0.438 e. The van der Waals surface area contributed by atoms with Crippen molar-refractivity contribution in [1.82, 2.24) is 0 Å². The Bertz CT molecular complexity index is 649. The molecule has 4 nitrogen and oxygen atoms in total. The zero-order chi connectivity index (χ0) is 14.7. The molecule has 0 N–H and O–H groups in total. The van der Waals surface area contributed by atoms with Crippen LogP contribution < -0.4 is 4.90 Å². The van der Waals surface area contributed by atoms with E-state index in [0.29, 0.717) is 0 Å². The molecular weight excluding hydrogens is 400 g/mol. The van der Waals surface area contributed by atoms with Crippen molar-refractivity contribution in [2.75, 3.05) is 31.2 Å². The molecule has 21 heavy (non-hydrogen) atoms. The number of nitrogens with zero attached hydrogens (tertiary/aromatic N) is 2. The predicted molar refractivity (Wildman–Crippen MR) is 90.8 cm³/mol. The molecule has 0 bridgehead atoms. The highest BCUT2D eigenvalue weighted by atomic mass is 79.9. The summed E-state index contributed by atoms with van der Waals surface area (Å²) in [4.78, 5) is 6.62. The van der Waals surface area contributed by atoms with Crippen LogP contribution in [0.5, 0.6) is 0 Å². The van der Waals surface area contributed by atoms with E-state index in [9.17, 15) is 0 Å². The standard InChI is InChI=1S/C15H14Br2N2O2/c16-12-3-1-2-4-14(12)18-10-11-9-13(17)15(21-11)19-5-7-20-8-6-19/h1-4,9-10H,5-8H2. The van der Waals surface area contributed by atoms with Crippen molar-refractivity contribution in [3.63, 3.8) is 0 Å². The summed E-state index contributed by atoms with van der Waals surface area (Å²) in [5.74, 6) is 1.56. The number of hydrogen-bond acceptors (Lipinski definition) is 4. The van der Waals surface area contributed by atoms with E-state index in [1.807, 2.05) is 30.3 Å². The lowest BCUT2D eigenvalue weighted by Crippen LogP contribution is -2.36. The monoisotopic (exact) mass is 412 g/mol. The highest BCUT2D eigenvalue weighted by molar-refractivity contribution is 9.11. The van der Waals surface area contributed by atoms with Gasteiger partial charge in [0, 0.05) is 23.6 Å². The second kappa shape index (κ2) is 6.77. The van der Waals surface area contributed by atoms with Crippen LogP contribution in [0.3, 0.4) is 0 Å². The fraction of sp³-hybridized carbons (Fsp3) is 0.267. The van der Waals surface area contributed by atoms with Gasteiger partial charge in [0.25, 0.3) is 0 Å². The van der Waals surface area contributed by atoms with Gasteiger partial charge in [0.05, 0.1) is 29.6 Å². The van der Waals surface area contributed by atoms with Crippen molar-refractivity contribution in [2.24, 2.45) is 4.99 Å². The lowest BCUT2D eigenvalue weighted by molar-refractivity contribution is 0.120. The maximum Gasteiger partial charge on any atom is 0.210 e. The van der Waals surface area contributed by atoms with Crippen LogP contribution in [-0.4, -0.2) is 32.5 Å². The molecule has 0 radical (unpaired) electrons. The van der Waals surface area contributed by atoms with Gasteiger partial charge in [-0.3, -0.25) is 4.99 Å². The minimum atomic E-state index is 0.721. The molecule has 1 fully saturated rings. The van der Waals surface area contributed by atoms with Gasteiger partial charge in [-0.2, -0.15) is 0 Å². The van der Waals surface area contributed by atoms with Crippen LogP contribution >= 0.6 is 31.9 Å². The number of morpholine rings is 1. The maximum atomic E-state index is 5.87. The van der Waals surface area contributed by atoms with Crippen molar-refractivity contribution in [3.8, 4) is 0 Å². The SMILES string of the molecule is Brc1ccccc1N=Cc1cc(Br)c(N2CCOCC2)o1. The van der Waals surface area contributed by atoms with Gasteiger partial charge >= 0.3 is 0 Å². The molecule has 2 aromatic rings. The Kier molecular flexibility index (Phi) is 4.77. The number of anilines is 1. The molecule has 0 aliphatic carbocycles. The molecule has 0 spiro atoms. The summed E-state index contributed by atoms with van der Waals surface area (Å²) in [6.07, 6.45) is 1.73. The summed E-state index contributed by atoms with van der Waals surface area (Å²) in [5, 5.41) is 0. The van der Waals surface area contributed by atoms with Gasteiger partial charge < -0.3 is 14.1 Å². The molecule has 0 amide bonds. The van der Waals surface area contributed by atoms with Gasteiger partial charge in [-0.15, -0.1) is 0 Å². The van der Waals surface area contributed by atoms with E-state index in [4.69, 9.17) is 9.15 Å². The fourth-order valence-electron chi connectivity index (χ4n) is 2.11. The van der Waals surface area contributed by atoms with Crippen LogP contribution in [-0.2, 0) is 4.74 Å². The number of furan rings is 1. The number of aliphatic imine (C=N–C) groups is 1. The van der Waals surface area contributed by atoms with Crippen molar-refractivity contribution in [2.45, 2.75) is 0 Å². The molecule has 1 saturated heterocycles. The van der Waals surface area contributed by atoms with Crippen LogP contribution in [0.15, 0.2) is 48.7 Å². The first kappa shape index (κ1) is 14.8. The molecule has 6 heteroatoms. The van der Waals surface area contributed by atoms with Gasteiger partial charge in [0.2, 0.25) is 5.88 Å². The van der Waals surface area contributed by atoms with E-state index < -0.39 is 0 Å². The van der Waals surface area contributed by atoms with Crippen LogP contribution in [0.2, 0.25) is 0 Å². The first-order valence-electron chi connectivity index (χ1n) is 6.64. The molecule has 2 heterocycles. The van der Waals surface area contributed by atoms with Gasteiger partial charge in [0.15, 0.2) is 0 Å². The van der Waals surface area contributed by atoms with Crippen LogP contribution in [0.25, 0.3) is 0 Å². The van der Waals surface area contributed by atoms with Crippen molar-refractivity contribution < 1.29 is 9.15 Å². The smallest absolute Gasteiger partial charge is 0.210 e. The van der Waals surface area contributed by atoms with Crippen LogP contribution in [0.1, 0.15) is 5.76 Å². The highest BCUT2D eigenvalue weighted by Gasteiger charge is 2.18. The fourth-order valence-corrected chi connectivity index (χ4v) is 3.06. The quantitative estimate of drug-likeness (QED) is 0.700. The molecule has 110 valence electrons. The molecule has 1 aliphatic heterocycles. The molecule has 0 saturated carbocycles. The number of halogens is 2. The summed E-state index contributed by atoms with van der Waals surface area (Å²) in [6, 6.07) is 9.76. The Hall–Kier alpha value is -1.11. The van der Waals surface area contributed by atoms with Crippen LogP contribution in [0, 0.1) is 0 Å². The Morgan fingerprint density at radius 1 is 1.10 bits per heavy atom. The maximum absolute atomic E-state index is 5.87. The lowest BCUT2D eigenvalue weighted by atomic mass is 10.3. The summed E-state index contributed by atoms with van der Waals surface area (Å²) in [7, 11) is 0. The number of hydrogen-bond donors (Lipinski definition) is 0. The molecule has 1 aliphatic rings. The number of benzene rings is 1. The van der Waals surface area contributed by atoms with Gasteiger partial charge in [-0.25, -0.2) is 0 Å². The van der Waals surface area contributed by atoms with E-state index in [2.05, 4.69) is 41.8 Å². The highest BCUT2D eigenvalue weighted by Crippen LogP contribution is 2.31. The summed E-state index contributed by atoms with van der Waals surface area (Å²) in [5.41, 5.74) is 0.873. The van der Waals surface area contributed by atoms with E-state index in [1.165, 1.54) is 0 Å². The minimum absolute atomic E-state index is 0.721. The van der Waals surface area contributed by atoms with Crippen LogP contribution in [0.4, 0.5) is 11.6 Å². The van der Waals surface area contributed by atoms with E-state index in [-0.39, 0.29) is 0 Å². The number of ether oxygens (including phenoxy) is 1. The Balaban J connectivity index is 1.79. The number of rotatable bonds is 3.